The van der Waals surface area contributed by atoms with Gasteiger partial charge in [-0.1, -0.05) is 25.0 Å². The van der Waals surface area contributed by atoms with Crippen LogP contribution in [0.15, 0.2) is 65.1 Å². The highest BCUT2D eigenvalue weighted by Gasteiger charge is 2.47. The fourth-order valence-corrected chi connectivity index (χ4v) is 6.27. The van der Waals surface area contributed by atoms with Gasteiger partial charge >= 0.3 is 6.18 Å². The Morgan fingerprint density at radius 2 is 1.79 bits per heavy atom. The summed E-state index contributed by atoms with van der Waals surface area (Å²) < 4.78 is 64.4. The van der Waals surface area contributed by atoms with Crippen molar-refractivity contribution in [2.75, 3.05) is 13.7 Å². The van der Waals surface area contributed by atoms with Gasteiger partial charge in [0.25, 0.3) is 11.8 Å². The van der Waals surface area contributed by atoms with Gasteiger partial charge in [-0.05, 0) is 73.2 Å². The van der Waals surface area contributed by atoms with E-state index in [1.165, 1.54) is 49.9 Å². The van der Waals surface area contributed by atoms with Crippen LogP contribution >= 0.6 is 0 Å². The minimum atomic E-state index is -4.61. The van der Waals surface area contributed by atoms with Gasteiger partial charge in [0.05, 0.1) is 5.56 Å². The van der Waals surface area contributed by atoms with Crippen molar-refractivity contribution in [2.24, 2.45) is 5.92 Å². The number of carbonyl (C=O) groups is 2. The van der Waals surface area contributed by atoms with Gasteiger partial charge in [0.1, 0.15) is 22.9 Å². The summed E-state index contributed by atoms with van der Waals surface area (Å²) in [6.45, 7) is -1.55. The molecule has 1 heterocycles. The number of hydrogen-bond acceptors (Lipinski definition) is 4. The van der Waals surface area contributed by atoms with Crippen LogP contribution in [0.25, 0.3) is 33.4 Å². The van der Waals surface area contributed by atoms with Crippen molar-refractivity contribution in [1.29, 1.82) is 0 Å². The molecule has 0 aliphatic heterocycles. The molecule has 6 nitrogen and oxygen atoms in total. The first-order valence-electron chi connectivity index (χ1n) is 13.8. The Bertz CT molecular complexity index is 1670. The summed E-state index contributed by atoms with van der Waals surface area (Å²) in [5.41, 5.74) is 1.50. The minimum absolute atomic E-state index is 0.110. The standard InChI is InChI=1S/C32H28F4N2O4/c1-37-30(40)27-24-13-23(20-5-2-6-21(12-20)29(39)38-31-11-3-4-18(15-31)16-31)25(41-17-32(34,35)36)14-26(24)42-28(27)19-7-9-22(33)10-8-19/h2,5-10,12-14,18H,3-4,11,15-17H2,1H3,(H,37,40)(H,38,39). The van der Waals surface area contributed by atoms with Crippen molar-refractivity contribution in [1.82, 2.24) is 10.6 Å². The van der Waals surface area contributed by atoms with E-state index in [1.807, 2.05) is 0 Å². The zero-order chi connectivity index (χ0) is 29.6. The van der Waals surface area contributed by atoms with E-state index >= 15 is 0 Å². The molecule has 0 unspecified atom stereocenters. The van der Waals surface area contributed by atoms with Gasteiger partial charge in [0, 0.05) is 40.7 Å². The number of ether oxygens (including phenoxy) is 1. The van der Waals surface area contributed by atoms with Crippen molar-refractivity contribution in [3.63, 3.8) is 0 Å². The van der Waals surface area contributed by atoms with E-state index in [9.17, 15) is 27.2 Å². The summed E-state index contributed by atoms with van der Waals surface area (Å²) in [6, 6.07) is 14.7. The van der Waals surface area contributed by atoms with Crippen LogP contribution in [0.1, 0.15) is 52.8 Å². The van der Waals surface area contributed by atoms with Crippen LogP contribution in [0.5, 0.6) is 5.75 Å². The molecule has 10 heteroatoms. The Morgan fingerprint density at radius 1 is 1.02 bits per heavy atom. The molecule has 7 rings (SSSR count). The Hall–Kier alpha value is -4.34. The molecule has 3 aromatic carbocycles. The number of hydrogen-bond donors (Lipinski definition) is 2. The van der Waals surface area contributed by atoms with Gasteiger partial charge in [-0.3, -0.25) is 9.59 Å². The molecule has 0 spiro atoms. The van der Waals surface area contributed by atoms with Crippen LogP contribution in [0.2, 0.25) is 0 Å². The fourth-order valence-electron chi connectivity index (χ4n) is 6.27. The SMILES string of the molecule is CNC(=O)c1c(-c2ccc(F)cc2)oc2cc(OCC(F)(F)F)c(-c3cccc(C(=O)NC45CCCC(C4)C5)c3)cc12. The Balaban J connectivity index is 1.45. The lowest BCUT2D eigenvalue weighted by Crippen LogP contribution is -2.59. The van der Waals surface area contributed by atoms with Gasteiger partial charge in [0.15, 0.2) is 6.61 Å². The molecule has 3 fully saturated rings. The highest BCUT2D eigenvalue weighted by atomic mass is 19.4. The zero-order valence-electron chi connectivity index (χ0n) is 22.7. The summed E-state index contributed by atoms with van der Waals surface area (Å²) in [5, 5.41) is 6.07. The van der Waals surface area contributed by atoms with Crippen molar-refractivity contribution in [3.05, 3.63) is 77.6 Å². The average Bonchev–Trinajstić information content (AvgIpc) is 3.33. The van der Waals surface area contributed by atoms with Crippen LogP contribution in [0.3, 0.4) is 0 Å². The molecule has 0 atom stereocenters. The van der Waals surface area contributed by atoms with E-state index in [0.717, 1.165) is 25.7 Å². The summed E-state index contributed by atoms with van der Waals surface area (Å²) in [6.07, 6.45) is 0.505. The molecule has 3 saturated carbocycles. The molecule has 3 aliphatic carbocycles. The zero-order valence-corrected chi connectivity index (χ0v) is 22.7. The van der Waals surface area contributed by atoms with Gasteiger partial charge in [-0.25, -0.2) is 4.39 Å². The lowest BCUT2D eigenvalue weighted by atomic mass is 9.59. The molecule has 0 saturated heterocycles. The van der Waals surface area contributed by atoms with E-state index in [-0.39, 0.29) is 39.7 Å². The lowest BCUT2D eigenvalue weighted by Gasteiger charge is -2.52. The average molecular weight is 581 g/mol. The quantitative estimate of drug-likeness (QED) is 0.225. The van der Waals surface area contributed by atoms with Crippen molar-refractivity contribution >= 4 is 22.8 Å². The van der Waals surface area contributed by atoms with E-state index in [0.29, 0.717) is 28.0 Å². The van der Waals surface area contributed by atoms with E-state index in [4.69, 9.17) is 9.15 Å². The Kier molecular flexibility index (Phi) is 6.95. The number of alkyl halides is 3. The predicted molar refractivity (Wildman–Crippen MR) is 149 cm³/mol. The monoisotopic (exact) mass is 580 g/mol. The lowest BCUT2D eigenvalue weighted by molar-refractivity contribution is -0.153. The second-order valence-corrected chi connectivity index (χ2v) is 11.1. The van der Waals surface area contributed by atoms with E-state index in [1.54, 1.807) is 24.3 Å². The molecular weight excluding hydrogens is 552 g/mol. The molecule has 2 amide bonds. The summed E-state index contributed by atoms with van der Waals surface area (Å²) in [5.74, 6) is -0.583. The van der Waals surface area contributed by atoms with E-state index in [2.05, 4.69) is 10.6 Å². The smallest absolute Gasteiger partial charge is 0.422 e. The second kappa shape index (κ2) is 10.5. The number of rotatable bonds is 7. The first-order valence-corrected chi connectivity index (χ1v) is 13.8. The summed E-state index contributed by atoms with van der Waals surface area (Å²) in [4.78, 5) is 26.3. The third-order valence-electron chi connectivity index (χ3n) is 8.18. The van der Waals surface area contributed by atoms with Crippen LogP contribution in [0.4, 0.5) is 17.6 Å². The number of halogens is 4. The normalized spacial score (nSPS) is 19.7. The van der Waals surface area contributed by atoms with Crippen LogP contribution < -0.4 is 15.4 Å². The molecule has 4 aromatic rings. The fraction of sp³-hybridized carbons (Fsp3) is 0.312. The highest BCUT2D eigenvalue weighted by Crippen LogP contribution is 2.49. The largest absolute Gasteiger partial charge is 0.483 e. The van der Waals surface area contributed by atoms with Gasteiger partial charge < -0.3 is 19.8 Å². The van der Waals surface area contributed by atoms with Crippen LogP contribution in [-0.4, -0.2) is 37.2 Å². The molecule has 0 radical (unpaired) electrons. The second-order valence-electron chi connectivity index (χ2n) is 11.1. The van der Waals surface area contributed by atoms with Gasteiger partial charge in [0.2, 0.25) is 0 Å². The minimum Gasteiger partial charge on any atom is -0.483 e. The molecule has 3 aliphatic rings. The van der Waals surface area contributed by atoms with Gasteiger partial charge in [-0.15, -0.1) is 0 Å². The Morgan fingerprint density at radius 3 is 2.45 bits per heavy atom. The molecule has 2 bridgehead atoms. The van der Waals surface area contributed by atoms with Crippen molar-refractivity contribution < 1.29 is 36.3 Å². The Labute approximate surface area is 239 Å². The van der Waals surface area contributed by atoms with Crippen molar-refractivity contribution in [3.8, 4) is 28.2 Å². The number of benzene rings is 3. The number of fused-ring (bicyclic) bond motifs is 3. The number of nitrogens with one attached hydrogen (secondary N) is 2. The predicted octanol–water partition coefficient (Wildman–Crippen LogP) is 7.27. The molecular formula is C32H28F4N2O4. The van der Waals surface area contributed by atoms with Crippen LogP contribution in [0, 0.1) is 11.7 Å². The highest BCUT2D eigenvalue weighted by molar-refractivity contribution is 6.12. The van der Waals surface area contributed by atoms with Gasteiger partial charge in [-0.2, -0.15) is 13.2 Å². The maximum atomic E-state index is 13.6. The molecule has 2 N–H and O–H groups in total. The third-order valence-corrected chi connectivity index (χ3v) is 8.18. The third kappa shape index (κ3) is 5.33. The molecule has 42 heavy (non-hydrogen) atoms. The number of furan rings is 1. The van der Waals surface area contributed by atoms with E-state index < -0.39 is 24.5 Å². The molecule has 1 aromatic heterocycles. The molecule has 218 valence electrons. The maximum Gasteiger partial charge on any atom is 0.422 e. The topological polar surface area (TPSA) is 80.6 Å². The first-order chi connectivity index (χ1) is 20.0. The number of carbonyl (C=O) groups excluding carboxylic acids is 2. The number of amides is 2. The van der Waals surface area contributed by atoms with Crippen LogP contribution in [-0.2, 0) is 0 Å². The first kappa shape index (κ1) is 27.8. The maximum absolute atomic E-state index is 13.6. The van der Waals surface area contributed by atoms with Crippen molar-refractivity contribution in [2.45, 2.75) is 43.8 Å². The summed E-state index contributed by atoms with van der Waals surface area (Å²) >= 11 is 0. The summed E-state index contributed by atoms with van der Waals surface area (Å²) in [7, 11) is 1.44.